The predicted octanol–water partition coefficient (Wildman–Crippen LogP) is 4.88. The van der Waals surface area contributed by atoms with Gasteiger partial charge in [-0.2, -0.15) is 35.9 Å². The first-order valence-corrected chi connectivity index (χ1v) is 9.49. The summed E-state index contributed by atoms with van der Waals surface area (Å²) in [6.07, 6.45) is -11.0. The third kappa shape index (κ3) is 37.5. The van der Waals surface area contributed by atoms with Gasteiger partial charge in [0.2, 0.25) is 0 Å². The molecular formula is C10H16F6I2O6. The van der Waals surface area contributed by atoms with Crippen molar-refractivity contribution in [1.82, 2.24) is 0 Å². The molecule has 148 valence electrons. The van der Waals surface area contributed by atoms with E-state index in [4.69, 9.17) is 14.2 Å². The van der Waals surface area contributed by atoms with Crippen molar-refractivity contribution in [3.05, 3.63) is 6.65 Å². The Morgan fingerprint density at radius 2 is 0.917 bits per heavy atom. The van der Waals surface area contributed by atoms with Crippen LogP contribution in [0.25, 0.3) is 0 Å². The normalized spacial score (nSPS) is 7.42. The third-order valence-corrected chi connectivity index (χ3v) is 0.648. The molecule has 0 aromatic heterocycles. The predicted molar refractivity (Wildman–Crippen MR) is 87.1 cm³/mol. The van der Waals surface area contributed by atoms with Crippen molar-refractivity contribution in [3.8, 4) is 0 Å². The minimum atomic E-state index is -5.62. The van der Waals surface area contributed by atoms with Gasteiger partial charge >= 0.3 is 41.7 Å². The van der Waals surface area contributed by atoms with Gasteiger partial charge in [-0.1, -0.05) is 29.7 Å². The van der Waals surface area contributed by atoms with Crippen LogP contribution in [0.1, 0.15) is 29.7 Å². The fraction of sp³-hybridized carbons (Fsp3) is 0.600. The number of hydrogen-bond donors (Lipinski definition) is 0. The van der Waals surface area contributed by atoms with Crippen LogP contribution >= 0.6 is 37.2 Å². The fourth-order valence-corrected chi connectivity index (χ4v) is 0.200. The molecule has 0 unspecified atom stereocenters. The van der Waals surface area contributed by atoms with Crippen molar-refractivity contribution in [2.45, 2.75) is 42.1 Å². The van der Waals surface area contributed by atoms with Crippen molar-refractivity contribution in [3.63, 3.8) is 0 Å². The molecule has 0 radical (unpaired) electrons. The second kappa shape index (κ2) is 27.2. The molecule has 14 heteroatoms. The van der Waals surface area contributed by atoms with Gasteiger partial charge in [-0.15, -0.1) is 0 Å². The van der Waals surface area contributed by atoms with Crippen LogP contribution in [0.5, 0.6) is 0 Å². The van der Waals surface area contributed by atoms with Gasteiger partial charge in [0, 0.05) is 37.2 Å². The van der Waals surface area contributed by atoms with E-state index in [9.17, 15) is 35.9 Å². The Morgan fingerprint density at radius 3 is 1.00 bits per heavy atom. The summed E-state index contributed by atoms with van der Waals surface area (Å²) in [5, 5.41) is 0. The molecule has 0 saturated carbocycles. The van der Waals surface area contributed by atoms with Crippen LogP contribution in [-0.4, -0.2) is 30.4 Å². The van der Waals surface area contributed by atoms with E-state index in [0.717, 1.165) is 0 Å². The van der Waals surface area contributed by atoms with Crippen molar-refractivity contribution in [1.29, 1.82) is 0 Å². The zero-order valence-electron chi connectivity index (χ0n) is 8.47. The van der Waals surface area contributed by atoms with Crippen molar-refractivity contribution in [2.24, 2.45) is 0 Å². The molecule has 0 atom stereocenters. The number of ether oxygens (including phenoxy) is 1. The Labute approximate surface area is 158 Å². The number of esters is 2. The number of carbonyl (C=O) groups is 2. The summed E-state index contributed by atoms with van der Waals surface area (Å²) < 4.78 is 77.2. The van der Waals surface area contributed by atoms with Crippen LogP contribution in [0.3, 0.4) is 0 Å². The fourth-order valence-electron chi connectivity index (χ4n) is 0.200. The van der Waals surface area contributed by atoms with Gasteiger partial charge in [-0.3, -0.25) is 0 Å². The summed E-state index contributed by atoms with van der Waals surface area (Å²) >= 11 is 4.24. The van der Waals surface area contributed by atoms with Gasteiger partial charge in [0.05, 0.1) is 0 Å². The van der Waals surface area contributed by atoms with E-state index in [0.29, 0.717) is 0 Å². The Hall–Kier alpha value is -0.700. The van der Waals surface area contributed by atoms with Crippen LogP contribution in [0.4, 0.5) is 26.3 Å². The molecule has 6 nitrogen and oxygen atoms in total. The number of rotatable bonds is 0. The van der Waals surface area contributed by atoms with E-state index in [1.54, 1.807) is 0 Å². The molecule has 0 amide bonds. The quantitative estimate of drug-likeness (QED) is 0.0988. The zero-order valence-corrected chi connectivity index (χ0v) is 12.8. The Bertz CT molecular complexity index is 324. The minimum absolute atomic E-state index is 0. The molecule has 0 spiro atoms. The maximum absolute atomic E-state index is 11.2. The monoisotopic (exact) mass is 600 g/mol. The molecule has 0 aromatic rings. The molecule has 24 heavy (non-hydrogen) atoms. The van der Waals surface area contributed by atoms with Gasteiger partial charge in [0.1, 0.15) is 0 Å². The number of halogens is 8. The topological polar surface area (TPSA) is 97.4 Å². The second-order valence-corrected chi connectivity index (χ2v) is 1.76. The molecule has 0 aliphatic rings. The summed E-state index contributed by atoms with van der Waals surface area (Å²) in [7, 11) is 0. The SMILES string of the molecule is C.C.C.C.II.O=C(OC(=O)C(F)(F)F)C(F)(F)F.O=C=O.[C-]#[O+]. The van der Waals surface area contributed by atoms with Crippen molar-refractivity contribution < 1.29 is 54.9 Å². The summed E-state index contributed by atoms with van der Waals surface area (Å²) in [6, 6.07) is 0. The summed E-state index contributed by atoms with van der Waals surface area (Å²) in [5.41, 5.74) is 0. The van der Waals surface area contributed by atoms with Gasteiger partial charge in [-0.05, 0) is 0 Å². The van der Waals surface area contributed by atoms with Gasteiger partial charge in [0.25, 0.3) is 0 Å². The maximum atomic E-state index is 11.2. The average Bonchev–Trinajstić information content (AvgIpc) is 2.32. The van der Waals surface area contributed by atoms with E-state index in [1.807, 2.05) is 0 Å². The molecular weight excluding hydrogens is 584 g/mol. The standard InChI is InChI=1S/C4F6O3.CO2.CO.4CH4.I2/c5-3(6,7)1(11)13-2(12)4(8,9)10;2-1-3;1-2;;;;;1-2/h;;;4*1H4;. The summed E-state index contributed by atoms with van der Waals surface area (Å²) in [5.74, 6) is -6.40. The van der Waals surface area contributed by atoms with Crippen LogP contribution in [0, 0.1) is 6.65 Å². The van der Waals surface area contributed by atoms with Gasteiger partial charge < -0.3 is 4.74 Å². The molecule has 0 rings (SSSR count). The van der Waals surface area contributed by atoms with Crippen molar-refractivity contribution >= 4 is 55.3 Å². The second-order valence-electron chi connectivity index (χ2n) is 1.76. The zero-order chi connectivity index (χ0) is 17.6. The van der Waals surface area contributed by atoms with Crippen LogP contribution in [0.15, 0.2) is 0 Å². The molecule has 0 saturated heterocycles. The van der Waals surface area contributed by atoms with E-state index in [-0.39, 0.29) is 35.9 Å². The van der Waals surface area contributed by atoms with Gasteiger partial charge in [-0.25, -0.2) is 9.59 Å². The van der Waals surface area contributed by atoms with Crippen LogP contribution in [-0.2, 0) is 28.6 Å². The van der Waals surface area contributed by atoms with E-state index >= 15 is 0 Å². The third-order valence-electron chi connectivity index (χ3n) is 0.648. The Morgan fingerprint density at radius 1 is 0.792 bits per heavy atom. The number of alkyl halides is 6. The van der Waals surface area contributed by atoms with Crippen molar-refractivity contribution in [2.75, 3.05) is 0 Å². The first kappa shape index (κ1) is 49.5. The summed E-state index contributed by atoms with van der Waals surface area (Å²) in [6.45, 7) is 4.50. The van der Waals surface area contributed by atoms with E-state index in [1.165, 1.54) is 0 Å². The van der Waals surface area contributed by atoms with E-state index < -0.39 is 24.3 Å². The van der Waals surface area contributed by atoms with Crippen LogP contribution < -0.4 is 0 Å². The molecule has 0 fully saturated rings. The molecule has 0 aliphatic heterocycles. The molecule has 0 bridgehead atoms. The molecule has 0 N–H and O–H groups in total. The molecule has 0 aromatic carbocycles. The van der Waals surface area contributed by atoms with E-state index in [2.05, 4.69) is 48.6 Å². The van der Waals surface area contributed by atoms with Crippen LogP contribution in [0.2, 0.25) is 0 Å². The average molecular weight is 600 g/mol. The van der Waals surface area contributed by atoms with Gasteiger partial charge in [0.15, 0.2) is 0 Å². The number of hydrogen-bond acceptors (Lipinski definition) is 5. The number of carbonyl (C=O) groups excluding carboxylic acids is 4. The summed E-state index contributed by atoms with van der Waals surface area (Å²) in [4.78, 5) is 35.6. The first-order valence-electron chi connectivity index (χ1n) is 3.21. The first-order chi connectivity index (χ1) is 8.96. The molecule has 0 aliphatic carbocycles. The molecule has 0 heterocycles. The Kier molecular flexibility index (Phi) is 56.0. The Balaban J connectivity index is -0.0000000341.